The smallest absolute Gasteiger partial charge is 0.253 e. The molecule has 1 N–H and O–H groups in total. The molecule has 1 atom stereocenters. The van der Waals surface area contributed by atoms with Gasteiger partial charge in [-0.3, -0.25) is 4.79 Å². The highest BCUT2D eigenvalue weighted by Crippen LogP contribution is 2.26. The Hall–Kier alpha value is -1.81. The van der Waals surface area contributed by atoms with Gasteiger partial charge in [0.2, 0.25) is 0 Å². The number of rotatable bonds is 4. The monoisotopic (exact) mass is 315 g/mol. The van der Waals surface area contributed by atoms with Crippen LogP contribution in [0.3, 0.4) is 0 Å². The van der Waals surface area contributed by atoms with Crippen molar-refractivity contribution in [3.8, 4) is 0 Å². The highest BCUT2D eigenvalue weighted by Gasteiger charge is 2.28. The molecule has 124 valence electrons. The van der Waals surface area contributed by atoms with E-state index in [0.717, 1.165) is 43.3 Å². The van der Waals surface area contributed by atoms with Crippen LogP contribution in [-0.4, -0.2) is 35.1 Å². The molecule has 0 aliphatic carbocycles. The first kappa shape index (κ1) is 16.1. The van der Waals surface area contributed by atoms with Crippen LogP contribution in [0, 0.1) is 11.8 Å². The third-order valence-corrected chi connectivity index (χ3v) is 4.78. The van der Waals surface area contributed by atoms with Crippen LogP contribution >= 0.6 is 0 Å². The van der Waals surface area contributed by atoms with Crippen molar-refractivity contribution in [3.05, 3.63) is 36.1 Å². The summed E-state index contributed by atoms with van der Waals surface area (Å²) < 4.78 is 5.32. The second-order valence-electron chi connectivity index (χ2n) is 7.00. The highest BCUT2D eigenvalue weighted by atomic mass is 16.3. The number of hydrogen-bond donors (Lipinski definition) is 1. The maximum atomic E-state index is 12.7. The minimum absolute atomic E-state index is 0.0740. The third kappa shape index (κ3) is 3.58. The first-order chi connectivity index (χ1) is 11.0. The molecular weight excluding hydrogens is 290 g/mol. The lowest BCUT2D eigenvalue weighted by Crippen LogP contribution is -2.41. The van der Waals surface area contributed by atoms with Gasteiger partial charge >= 0.3 is 0 Å². The lowest BCUT2D eigenvalue weighted by molar-refractivity contribution is 0.0385. The van der Waals surface area contributed by atoms with E-state index >= 15 is 0 Å². The van der Waals surface area contributed by atoms with Gasteiger partial charge in [0, 0.05) is 24.0 Å². The van der Waals surface area contributed by atoms with Gasteiger partial charge in [-0.25, -0.2) is 0 Å². The number of nitrogens with zero attached hydrogens (tertiary/aromatic N) is 1. The summed E-state index contributed by atoms with van der Waals surface area (Å²) in [6.45, 7) is 5.71. The van der Waals surface area contributed by atoms with Crippen molar-refractivity contribution in [2.45, 2.75) is 39.2 Å². The van der Waals surface area contributed by atoms with Crippen LogP contribution < -0.4 is 0 Å². The predicted molar refractivity (Wildman–Crippen MR) is 90.3 cm³/mol. The lowest BCUT2D eigenvalue weighted by Gasteiger charge is -2.34. The standard InChI is InChI=1S/C19H25NO3/c1-13(2)11-17(21)14-5-8-20(9-6-14)19(22)16-3-4-18-15(12-16)7-10-23-18/h3-4,7,10,12-14,17,21H,5-6,8-9,11H2,1-2H3/t17-/m1/s1. The van der Waals surface area contributed by atoms with Gasteiger partial charge in [-0.15, -0.1) is 0 Å². The van der Waals surface area contributed by atoms with E-state index in [0.29, 0.717) is 17.4 Å². The third-order valence-electron chi connectivity index (χ3n) is 4.78. The Balaban J connectivity index is 1.61. The van der Waals surface area contributed by atoms with Gasteiger partial charge in [-0.2, -0.15) is 0 Å². The maximum Gasteiger partial charge on any atom is 0.253 e. The van der Waals surface area contributed by atoms with Crippen molar-refractivity contribution in [1.82, 2.24) is 4.90 Å². The van der Waals surface area contributed by atoms with Gasteiger partial charge in [-0.1, -0.05) is 13.8 Å². The number of amides is 1. The molecular formula is C19H25NO3. The molecule has 0 bridgehead atoms. The summed E-state index contributed by atoms with van der Waals surface area (Å²) >= 11 is 0. The minimum atomic E-state index is -0.241. The summed E-state index contributed by atoms with van der Waals surface area (Å²) in [7, 11) is 0. The zero-order valence-electron chi connectivity index (χ0n) is 13.9. The minimum Gasteiger partial charge on any atom is -0.464 e. The average Bonchev–Trinajstić information content (AvgIpc) is 3.01. The lowest BCUT2D eigenvalue weighted by atomic mass is 9.87. The second kappa shape index (κ2) is 6.75. The van der Waals surface area contributed by atoms with E-state index in [2.05, 4.69) is 13.8 Å². The number of carbonyl (C=O) groups excluding carboxylic acids is 1. The summed E-state index contributed by atoms with van der Waals surface area (Å²) in [5.74, 6) is 0.897. The van der Waals surface area contributed by atoms with Crippen LogP contribution in [0.2, 0.25) is 0 Å². The Kier molecular flexibility index (Phi) is 4.71. The average molecular weight is 315 g/mol. The molecule has 0 saturated carbocycles. The summed E-state index contributed by atoms with van der Waals surface area (Å²) in [6, 6.07) is 7.44. The highest BCUT2D eigenvalue weighted by molar-refractivity contribution is 5.97. The maximum absolute atomic E-state index is 12.7. The molecule has 2 aromatic rings. The largest absolute Gasteiger partial charge is 0.464 e. The van der Waals surface area contributed by atoms with Crippen molar-refractivity contribution >= 4 is 16.9 Å². The summed E-state index contributed by atoms with van der Waals surface area (Å²) in [5.41, 5.74) is 1.51. The predicted octanol–water partition coefficient (Wildman–Crippen LogP) is 3.69. The number of aliphatic hydroxyl groups is 1. The topological polar surface area (TPSA) is 53.7 Å². The number of furan rings is 1. The van der Waals surface area contributed by atoms with Crippen molar-refractivity contribution in [3.63, 3.8) is 0 Å². The molecule has 4 nitrogen and oxygen atoms in total. The van der Waals surface area contributed by atoms with E-state index in [-0.39, 0.29) is 12.0 Å². The number of fused-ring (bicyclic) bond motifs is 1. The molecule has 23 heavy (non-hydrogen) atoms. The molecule has 0 radical (unpaired) electrons. The van der Waals surface area contributed by atoms with Gasteiger partial charge < -0.3 is 14.4 Å². The molecule has 1 saturated heterocycles. The van der Waals surface area contributed by atoms with E-state index in [1.54, 1.807) is 6.26 Å². The molecule has 2 heterocycles. The van der Waals surface area contributed by atoms with Crippen LogP contribution in [0.4, 0.5) is 0 Å². The van der Waals surface area contributed by atoms with E-state index < -0.39 is 0 Å². The van der Waals surface area contributed by atoms with E-state index in [9.17, 15) is 9.90 Å². The zero-order chi connectivity index (χ0) is 16.4. The summed E-state index contributed by atoms with van der Waals surface area (Å²) in [6.07, 6.45) is 4.01. The van der Waals surface area contributed by atoms with Crippen LogP contribution in [-0.2, 0) is 0 Å². The molecule has 1 aliphatic rings. The molecule has 1 aromatic carbocycles. The van der Waals surface area contributed by atoms with Crippen molar-refractivity contribution in [2.75, 3.05) is 13.1 Å². The van der Waals surface area contributed by atoms with E-state index in [1.807, 2.05) is 29.2 Å². The number of carbonyl (C=O) groups is 1. The number of hydrogen-bond acceptors (Lipinski definition) is 3. The van der Waals surface area contributed by atoms with Crippen molar-refractivity contribution in [2.24, 2.45) is 11.8 Å². The molecule has 0 unspecified atom stereocenters. The normalized spacial score (nSPS) is 17.8. The number of likely N-dealkylation sites (tertiary alicyclic amines) is 1. The fourth-order valence-electron chi connectivity index (χ4n) is 3.45. The molecule has 1 aromatic heterocycles. The zero-order valence-corrected chi connectivity index (χ0v) is 13.9. The Morgan fingerprint density at radius 1 is 1.30 bits per heavy atom. The molecule has 1 amide bonds. The number of piperidine rings is 1. The van der Waals surface area contributed by atoms with Gasteiger partial charge in [0.25, 0.3) is 5.91 Å². The van der Waals surface area contributed by atoms with Crippen LogP contribution in [0.15, 0.2) is 34.9 Å². The fourth-order valence-corrected chi connectivity index (χ4v) is 3.45. The van der Waals surface area contributed by atoms with Crippen LogP contribution in [0.5, 0.6) is 0 Å². The molecule has 4 heteroatoms. The Morgan fingerprint density at radius 3 is 2.74 bits per heavy atom. The molecule has 1 aliphatic heterocycles. The Labute approximate surface area is 137 Å². The second-order valence-corrected chi connectivity index (χ2v) is 7.00. The van der Waals surface area contributed by atoms with Crippen molar-refractivity contribution in [1.29, 1.82) is 0 Å². The molecule has 3 rings (SSSR count). The van der Waals surface area contributed by atoms with Crippen molar-refractivity contribution < 1.29 is 14.3 Å². The van der Waals surface area contributed by atoms with Gasteiger partial charge in [0.05, 0.1) is 12.4 Å². The number of aliphatic hydroxyl groups excluding tert-OH is 1. The quantitative estimate of drug-likeness (QED) is 0.936. The molecule has 1 fully saturated rings. The van der Waals surface area contributed by atoms with Gasteiger partial charge in [0.15, 0.2) is 0 Å². The Morgan fingerprint density at radius 2 is 2.04 bits per heavy atom. The van der Waals surface area contributed by atoms with E-state index in [4.69, 9.17) is 4.42 Å². The first-order valence-electron chi connectivity index (χ1n) is 8.49. The van der Waals surface area contributed by atoms with Crippen LogP contribution in [0.25, 0.3) is 11.0 Å². The molecule has 0 spiro atoms. The SMILES string of the molecule is CC(C)C[C@@H](O)C1CCN(C(=O)c2ccc3occc3c2)CC1. The van der Waals surface area contributed by atoms with E-state index in [1.165, 1.54) is 0 Å². The summed E-state index contributed by atoms with van der Waals surface area (Å²) in [5, 5.41) is 11.2. The fraction of sp³-hybridized carbons (Fsp3) is 0.526. The van der Waals surface area contributed by atoms with Crippen LogP contribution in [0.1, 0.15) is 43.5 Å². The van der Waals surface area contributed by atoms with Gasteiger partial charge in [0.1, 0.15) is 5.58 Å². The first-order valence-corrected chi connectivity index (χ1v) is 8.49. The summed E-state index contributed by atoms with van der Waals surface area (Å²) in [4.78, 5) is 14.6. The van der Waals surface area contributed by atoms with Gasteiger partial charge in [-0.05, 0) is 55.4 Å². The Bertz CT molecular complexity index is 668. The number of benzene rings is 1.